The fourth-order valence-electron chi connectivity index (χ4n) is 4.11. The number of anilines is 1. The maximum absolute atomic E-state index is 13.3. The van der Waals surface area contributed by atoms with Gasteiger partial charge < -0.3 is 9.88 Å². The molecule has 1 amide bonds. The zero-order valence-electron chi connectivity index (χ0n) is 16.0. The third kappa shape index (κ3) is 2.98. The van der Waals surface area contributed by atoms with Crippen LogP contribution in [0.4, 0.5) is 5.69 Å². The Hall–Kier alpha value is -2.77. The average Bonchev–Trinajstić information content (AvgIpc) is 3.31. The van der Waals surface area contributed by atoms with E-state index < -0.39 is 5.54 Å². The summed E-state index contributed by atoms with van der Waals surface area (Å²) in [5.41, 5.74) is 1.98. The second-order valence-electron chi connectivity index (χ2n) is 7.69. The number of nitrogens with zero attached hydrogens (tertiary/aromatic N) is 6. The Morgan fingerprint density at radius 3 is 2.67 bits per heavy atom. The van der Waals surface area contributed by atoms with Gasteiger partial charge in [0.25, 0.3) is 5.91 Å². The van der Waals surface area contributed by atoms with E-state index >= 15 is 0 Å². The topological polar surface area (TPSA) is 90.5 Å². The highest BCUT2D eigenvalue weighted by atomic mass is 16.2. The molecule has 2 aromatic heterocycles. The molecule has 27 heavy (non-hydrogen) atoms. The number of carbonyl (C=O) groups is 1. The van der Waals surface area contributed by atoms with Gasteiger partial charge in [-0.1, -0.05) is 33.1 Å². The number of aryl methyl sites for hydroxylation is 1. The van der Waals surface area contributed by atoms with E-state index in [2.05, 4.69) is 39.3 Å². The van der Waals surface area contributed by atoms with Gasteiger partial charge in [-0.25, -0.2) is 9.67 Å². The number of imidazole rings is 1. The third-order valence-corrected chi connectivity index (χ3v) is 5.58. The van der Waals surface area contributed by atoms with Crippen molar-refractivity contribution in [2.75, 3.05) is 5.32 Å². The Kier molecular flexibility index (Phi) is 4.41. The number of tetrazole rings is 1. The molecule has 1 saturated carbocycles. The van der Waals surface area contributed by atoms with E-state index in [1.54, 1.807) is 11.0 Å². The van der Waals surface area contributed by atoms with Crippen LogP contribution in [0, 0.1) is 0 Å². The summed E-state index contributed by atoms with van der Waals surface area (Å²) in [5, 5.41) is 14.6. The predicted octanol–water partition coefficient (Wildman–Crippen LogP) is 2.98. The molecule has 1 aromatic carbocycles. The first kappa shape index (κ1) is 17.6. The van der Waals surface area contributed by atoms with E-state index in [0.717, 1.165) is 54.6 Å². The lowest BCUT2D eigenvalue weighted by Crippen LogP contribution is -2.47. The summed E-state index contributed by atoms with van der Waals surface area (Å²) in [6.07, 6.45) is 6.14. The number of hydrogen-bond donors (Lipinski definition) is 1. The number of fused-ring (bicyclic) bond motifs is 1. The van der Waals surface area contributed by atoms with Crippen molar-refractivity contribution in [3.63, 3.8) is 0 Å². The molecule has 1 fully saturated rings. The smallest absolute Gasteiger partial charge is 0.252 e. The fraction of sp³-hybridized carbons (Fsp3) is 0.526. The second kappa shape index (κ2) is 6.75. The first-order valence-electron chi connectivity index (χ1n) is 9.52. The number of benzene rings is 1. The van der Waals surface area contributed by atoms with Gasteiger partial charge in [-0.2, -0.15) is 0 Å². The zero-order chi connectivity index (χ0) is 19.0. The highest BCUT2D eigenvalue weighted by molar-refractivity contribution is 5.98. The molecule has 0 bridgehead atoms. The van der Waals surface area contributed by atoms with Gasteiger partial charge in [0.15, 0.2) is 0 Å². The molecule has 0 saturated heterocycles. The molecule has 1 N–H and O–H groups in total. The van der Waals surface area contributed by atoms with Crippen molar-refractivity contribution in [1.29, 1.82) is 0 Å². The van der Waals surface area contributed by atoms with E-state index in [1.807, 2.05) is 25.2 Å². The van der Waals surface area contributed by atoms with Crippen LogP contribution in [0.1, 0.15) is 57.7 Å². The molecule has 8 heteroatoms. The molecule has 0 atom stereocenters. The summed E-state index contributed by atoms with van der Waals surface area (Å²) < 4.78 is 3.73. The number of rotatable bonds is 4. The van der Waals surface area contributed by atoms with Gasteiger partial charge in [-0.05, 0) is 41.5 Å². The van der Waals surface area contributed by atoms with E-state index in [9.17, 15) is 4.79 Å². The minimum atomic E-state index is -0.718. The number of nitrogens with one attached hydrogen (secondary N) is 1. The first-order chi connectivity index (χ1) is 13.0. The Morgan fingerprint density at radius 2 is 2.00 bits per heavy atom. The largest absolute Gasteiger partial charge is 0.331 e. The number of hydrogen-bond acceptors (Lipinski definition) is 5. The van der Waals surface area contributed by atoms with Crippen LogP contribution in [0.2, 0.25) is 0 Å². The minimum Gasteiger partial charge on any atom is -0.331 e. The van der Waals surface area contributed by atoms with Crippen molar-refractivity contribution in [2.24, 2.45) is 7.05 Å². The zero-order valence-corrected chi connectivity index (χ0v) is 16.0. The predicted molar refractivity (Wildman–Crippen MR) is 102 cm³/mol. The van der Waals surface area contributed by atoms with Gasteiger partial charge in [-0.15, -0.1) is 5.10 Å². The summed E-state index contributed by atoms with van der Waals surface area (Å²) in [5.74, 6) is 1.31. The van der Waals surface area contributed by atoms with E-state index in [0.29, 0.717) is 5.92 Å². The standard InChI is InChI=1S/C19H25N7O/c1-13(2)17-22-15-11-14(7-8-16(15)25(17)3)21-18(27)19(9-5-4-6-10-19)26-12-20-23-24-26/h7-8,11-13H,4-6,9-10H2,1-3H3,(H,21,27). The minimum absolute atomic E-state index is 0.0612. The number of carbonyl (C=O) groups excluding carboxylic acids is 1. The maximum Gasteiger partial charge on any atom is 0.252 e. The molecule has 142 valence electrons. The lowest BCUT2D eigenvalue weighted by atomic mass is 9.81. The summed E-state index contributed by atoms with van der Waals surface area (Å²) in [6.45, 7) is 4.26. The summed E-state index contributed by atoms with van der Waals surface area (Å²) in [6, 6.07) is 5.88. The Morgan fingerprint density at radius 1 is 1.22 bits per heavy atom. The van der Waals surface area contributed by atoms with Crippen LogP contribution in [0.3, 0.4) is 0 Å². The molecule has 3 aromatic rings. The van der Waals surface area contributed by atoms with Crippen molar-refractivity contribution in [3.05, 3.63) is 30.4 Å². The van der Waals surface area contributed by atoms with Crippen molar-refractivity contribution < 1.29 is 4.79 Å². The molecule has 0 aliphatic heterocycles. The Bertz CT molecular complexity index is 952. The molecule has 2 heterocycles. The molecule has 8 nitrogen and oxygen atoms in total. The van der Waals surface area contributed by atoms with Gasteiger partial charge in [0.2, 0.25) is 0 Å². The fourth-order valence-corrected chi connectivity index (χ4v) is 4.11. The quantitative estimate of drug-likeness (QED) is 0.765. The van der Waals surface area contributed by atoms with Gasteiger partial charge in [-0.3, -0.25) is 4.79 Å². The Balaban J connectivity index is 1.65. The maximum atomic E-state index is 13.3. The molecule has 0 radical (unpaired) electrons. The van der Waals surface area contributed by atoms with Crippen molar-refractivity contribution in [2.45, 2.75) is 57.4 Å². The summed E-state index contributed by atoms with van der Waals surface area (Å²) in [7, 11) is 2.03. The highest BCUT2D eigenvalue weighted by Crippen LogP contribution is 2.35. The average molecular weight is 367 g/mol. The summed E-state index contributed by atoms with van der Waals surface area (Å²) in [4.78, 5) is 18.0. The van der Waals surface area contributed by atoms with Crippen LogP contribution in [0.25, 0.3) is 11.0 Å². The van der Waals surface area contributed by atoms with E-state index in [-0.39, 0.29) is 5.91 Å². The van der Waals surface area contributed by atoms with Crippen molar-refractivity contribution >= 4 is 22.6 Å². The Labute approximate surface area is 158 Å². The highest BCUT2D eigenvalue weighted by Gasteiger charge is 2.42. The van der Waals surface area contributed by atoms with E-state index in [4.69, 9.17) is 4.98 Å². The summed E-state index contributed by atoms with van der Waals surface area (Å²) >= 11 is 0. The molecule has 1 aliphatic rings. The molecular weight excluding hydrogens is 342 g/mol. The van der Waals surface area contributed by atoms with Crippen molar-refractivity contribution in [1.82, 2.24) is 29.8 Å². The van der Waals surface area contributed by atoms with Crippen LogP contribution in [0.15, 0.2) is 24.5 Å². The van der Waals surface area contributed by atoms with Gasteiger partial charge in [0.1, 0.15) is 17.7 Å². The third-order valence-electron chi connectivity index (χ3n) is 5.58. The van der Waals surface area contributed by atoms with Crippen LogP contribution in [0.5, 0.6) is 0 Å². The molecule has 0 unspecified atom stereocenters. The lowest BCUT2D eigenvalue weighted by molar-refractivity contribution is -0.126. The molecular formula is C19H25N7O. The number of amides is 1. The lowest BCUT2D eigenvalue weighted by Gasteiger charge is -2.35. The normalized spacial score (nSPS) is 16.7. The van der Waals surface area contributed by atoms with Crippen LogP contribution >= 0.6 is 0 Å². The second-order valence-corrected chi connectivity index (χ2v) is 7.69. The molecule has 0 spiro atoms. The SMILES string of the molecule is CC(C)c1nc2cc(NC(=O)C3(n4cnnn4)CCCCC3)ccc2n1C. The first-order valence-corrected chi connectivity index (χ1v) is 9.52. The molecule has 4 rings (SSSR count). The number of aromatic nitrogens is 6. The van der Waals surface area contributed by atoms with Gasteiger partial charge >= 0.3 is 0 Å². The van der Waals surface area contributed by atoms with E-state index in [1.165, 1.54) is 0 Å². The van der Waals surface area contributed by atoms with Crippen molar-refractivity contribution in [3.8, 4) is 0 Å². The van der Waals surface area contributed by atoms with Gasteiger partial charge in [0.05, 0.1) is 11.0 Å². The van der Waals surface area contributed by atoms with Crippen LogP contribution in [-0.2, 0) is 17.4 Å². The monoisotopic (exact) mass is 367 g/mol. The van der Waals surface area contributed by atoms with Crippen LogP contribution < -0.4 is 5.32 Å². The molecule has 1 aliphatic carbocycles. The van der Waals surface area contributed by atoms with Gasteiger partial charge in [0, 0.05) is 18.7 Å². The van der Waals surface area contributed by atoms with Crippen LogP contribution in [-0.4, -0.2) is 35.7 Å².